The van der Waals surface area contributed by atoms with Crippen molar-refractivity contribution in [2.45, 2.75) is 38.8 Å². The van der Waals surface area contributed by atoms with E-state index in [4.69, 9.17) is 5.26 Å². The molecule has 8 nitrogen and oxygen atoms in total. The van der Waals surface area contributed by atoms with Crippen molar-refractivity contribution in [1.29, 1.82) is 5.26 Å². The van der Waals surface area contributed by atoms with E-state index in [1.165, 1.54) is 0 Å². The minimum absolute atomic E-state index is 0.0776. The number of aromatic nitrogens is 2. The Labute approximate surface area is 220 Å². The van der Waals surface area contributed by atoms with Gasteiger partial charge in [-0.25, -0.2) is 9.78 Å². The maximum atomic E-state index is 13.3. The molecule has 2 aliphatic rings. The quantitative estimate of drug-likeness (QED) is 0.386. The molecule has 0 radical (unpaired) electrons. The molecule has 1 fully saturated rings. The molecule has 2 aliphatic heterocycles. The molecule has 0 aliphatic carbocycles. The summed E-state index contributed by atoms with van der Waals surface area (Å²) in [6, 6.07) is 15.0. The number of H-pyrrole nitrogens is 1. The molecule has 8 heteroatoms. The third-order valence-electron chi connectivity index (χ3n) is 7.85. The zero-order valence-electron chi connectivity index (χ0n) is 21.1. The zero-order chi connectivity index (χ0) is 26.4. The molecule has 0 spiro atoms. The number of hydrogen-bond donors (Lipinski definition) is 2. The highest BCUT2D eigenvalue weighted by molar-refractivity contribution is 5.94. The van der Waals surface area contributed by atoms with Crippen LogP contribution in [0.25, 0.3) is 22.2 Å². The molecule has 0 unspecified atom stereocenters. The molecule has 4 heterocycles. The van der Waals surface area contributed by atoms with Gasteiger partial charge in [0.2, 0.25) is 0 Å². The summed E-state index contributed by atoms with van der Waals surface area (Å²) in [5.74, 6) is -0.0776. The van der Waals surface area contributed by atoms with Crippen LogP contribution in [0.1, 0.15) is 57.1 Å². The SMILES string of the molecule is Cc1c[nH]c2ncc(-c3cc4c(c([C@@H]5CCCN5C(=O)O)c3)CCN(C(=O)c3ccc(C#N)cc3)C4)cc12. The van der Waals surface area contributed by atoms with Crippen LogP contribution in [0.5, 0.6) is 0 Å². The second-order valence-electron chi connectivity index (χ2n) is 10.1. The molecular weight excluding hydrogens is 478 g/mol. The first kappa shape index (κ1) is 23.7. The highest BCUT2D eigenvalue weighted by Crippen LogP contribution is 2.40. The van der Waals surface area contributed by atoms with E-state index in [0.29, 0.717) is 37.2 Å². The van der Waals surface area contributed by atoms with Gasteiger partial charge in [0.25, 0.3) is 5.91 Å². The predicted octanol–water partition coefficient (Wildman–Crippen LogP) is 5.42. The fraction of sp³-hybridized carbons (Fsp3) is 0.267. The fourth-order valence-corrected chi connectivity index (χ4v) is 5.85. The van der Waals surface area contributed by atoms with E-state index in [2.05, 4.69) is 34.2 Å². The van der Waals surface area contributed by atoms with E-state index in [1.807, 2.05) is 24.2 Å². The molecule has 1 atom stereocenters. The topological polar surface area (TPSA) is 113 Å². The number of carboxylic acid groups (broad SMARTS) is 1. The summed E-state index contributed by atoms with van der Waals surface area (Å²) in [4.78, 5) is 36.6. The van der Waals surface area contributed by atoms with E-state index in [-0.39, 0.29) is 11.9 Å². The lowest BCUT2D eigenvalue weighted by molar-refractivity contribution is 0.0734. The summed E-state index contributed by atoms with van der Waals surface area (Å²) in [7, 11) is 0. The third-order valence-corrected chi connectivity index (χ3v) is 7.85. The molecule has 38 heavy (non-hydrogen) atoms. The van der Waals surface area contributed by atoms with Crippen LogP contribution in [0.3, 0.4) is 0 Å². The number of nitrogens with zero attached hydrogens (tertiary/aromatic N) is 4. The highest BCUT2D eigenvalue weighted by Gasteiger charge is 2.34. The van der Waals surface area contributed by atoms with E-state index < -0.39 is 6.09 Å². The van der Waals surface area contributed by atoms with Crippen LogP contribution in [-0.4, -0.2) is 50.0 Å². The third kappa shape index (κ3) is 4.06. The summed E-state index contributed by atoms with van der Waals surface area (Å²) in [6.07, 6.45) is 5.15. The number of fused-ring (bicyclic) bond motifs is 2. The average molecular weight is 506 g/mol. The Morgan fingerprint density at radius 3 is 2.71 bits per heavy atom. The van der Waals surface area contributed by atoms with Crippen LogP contribution in [0.2, 0.25) is 0 Å². The number of pyridine rings is 1. The van der Waals surface area contributed by atoms with Crippen molar-refractivity contribution in [2.24, 2.45) is 0 Å². The van der Waals surface area contributed by atoms with Gasteiger partial charge in [0, 0.05) is 48.5 Å². The number of carbonyl (C=O) groups is 2. The van der Waals surface area contributed by atoms with Crippen molar-refractivity contribution in [2.75, 3.05) is 13.1 Å². The van der Waals surface area contributed by atoms with Gasteiger partial charge < -0.3 is 19.9 Å². The number of hydrogen-bond acceptors (Lipinski definition) is 4. The first-order chi connectivity index (χ1) is 18.4. The van der Waals surface area contributed by atoms with Gasteiger partial charge in [0.1, 0.15) is 5.65 Å². The molecular formula is C30H27N5O3. The Hall–Kier alpha value is -4.64. The molecule has 190 valence electrons. The molecule has 2 N–H and O–H groups in total. The second-order valence-corrected chi connectivity index (χ2v) is 10.1. The first-order valence-electron chi connectivity index (χ1n) is 12.8. The lowest BCUT2D eigenvalue weighted by atomic mass is 9.86. The minimum atomic E-state index is -0.897. The van der Waals surface area contributed by atoms with Gasteiger partial charge >= 0.3 is 6.09 Å². The maximum Gasteiger partial charge on any atom is 0.407 e. The van der Waals surface area contributed by atoms with Gasteiger partial charge in [-0.05, 0) is 96.5 Å². The number of carbonyl (C=O) groups excluding carboxylic acids is 1. The van der Waals surface area contributed by atoms with Crippen LogP contribution in [0, 0.1) is 18.3 Å². The van der Waals surface area contributed by atoms with Crippen LogP contribution in [0.4, 0.5) is 4.79 Å². The lowest BCUT2D eigenvalue weighted by Crippen LogP contribution is -2.37. The number of aryl methyl sites for hydroxylation is 1. The summed E-state index contributed by atoms with van der Waals surface area (Å²) in [5.41, 5.74) is 8.15. The number of benzene rings is 2. The Balaban J connectivity index is 1.42. The van der Waals surface area contributed by atoms with E-state index in [1.54, 1.807) is 29.2 Å². The van der Waals surface area contributed by atoms with Gasteiger partial charge in [-0.3, -0.25) is 4.79 Å². The Bertz CT molecular complexity index is 1620. The summed E-state index contributed by atoms with van der Waals surface area (Å²) < 4.78 is 0. The Kier molecular flexibility index (Phi) is 5.84. The number of nitrogens with one attached hydrogen (secondary N) is 1. The summed E-state index contributed by atoms with van der Waals surface area (Å²) in [5, 5.41) is 20.0. The smallest absolute Gasteiger partial charge is 0.407 e. The molecule has 4 aromatic rings. The number of rotatable bonds is 3. The van der Waals surface area contributed by atoms with Crippen molar-refractivity contribution in [1.82, 2.24) is 19.8 Å². The normalized spacial score (nSPS) is 16.9. The Morgan fingerprint density at radius 2 is 1.95 bits per heavy atom. The molecule has 1 saturated heterocycles. The zero-order valence-corrected chi connectivity index (χ0v) is 21.1. The van der Waals surface area contributed by atoms with Gasteiger partial charge in [-0.1, -0.05) is 0 Å². The lowest BCUT2D eigenvalue weighted by Gasteiger charge is -2.33. The van der Waals surface area contributed by atoms with Crippen molar-refractivity contribution in [3.05, 3.63) is 88.2 Å². The predicted molar refractivity (Wildman–Crippen MR) is 143 cm³/mol. The fourth-order valence-electron chi connectivity index (χ4n) is 5.85. The molecule has 2 amide bonds. The monoisotopic (exact) mass is 505 g/mol. The first-order valence-corrected chi connectivity index (χ1v) is 12.8. The summed E-state index contributed by atoms with van der Waals surface area (Å²) in [6.45, 7) is 3.55. The van der Waals surface area contributed by atoms with Crippen molar-refractivity contribution >= 4 is 23.0 Å². The van der Waals surface area contributed by atoms with Gasteiger partial charge in [-0.15, -0.1) is 0 Å². The molecule has 2 aromatic carbocycles. The van der Waals surface area contributed by atoms with E-state index >= 15 is 0 Å². The Morgan fingerprint density at radius 1 is 1.13 bits per heavy atom. The largest absolute Gasteiger partial charge is 0.465 e. The van der Waals surface area contributed by atoms with E-state index in [0.717, 1.165) is 57.3 Å². The van der Waals surface area contributed by atoms with Crippen LogP contribution in [-0.2, 0) is 13.0 Å². The molecule has 6 rings (SSSR count). The van der Waals surface area contributed by atoms with E-state index in [9.17, 15) is 14.7 Å². The standard InChI is InChI=1S/C30H27N5O3/c1-18-15-32-28-25(18)13-22(16-33-28)21-11-23-17-34(29(36)20-6-4-19(14-31)5-7-20)10-8-24(23)26(12-21)27-3-2-9-35(27)30(37)38/h4-7,11-13,15-16,27H,2-3,8-10,17H2,1H3,(H,32,33)(H,37,38)/t27-/m0/s1. The van der Waals surface area contributed by atoms with Crippen LogP contribution in [0.15, 0.2) is 54.9 Å². The molecule has 0 saturated carbocycles. The minimum Gasteiger partial charge on any atom is -0.465 e. The number of nitriles is 1. The van der Waals surface area contributed by atoms with Gasteiger partial charge in [-0.2, -0.15) is 5.26 Å². The number of likely N-dealkylation sites (tertiary alicyclic amines) is 1. The van der Waals surface area contributed by atoms with Crippen molar-refractivity contribution in [3.63, 3.8) is 0 Å². The molecule has 0 bridgehead atoms. The number of aromatic amines is 1. The van der Waals surface area contributed by atoms with Gasteiger partial charge in [0.05, 0.1) is 17.7 Å². The van der Waals surface area contributed by atoms with Crippen LogP contribution < -0.4 is 0 Å². The highest BCUT2D eigenvalue weighted by atomic mass is 16.4. The second kappa shape index (κ2) is 9.34. The van der Waals surface area contributed by atoms with Gasteiger partial charge in [0.15, 0.2) is 0 Å². The van der Waals surface area contributed by atoms with Crippen molar-refractivity contribution in [3.8, 4) is 17.2 Å². The van der Waals surface area contributed by atoms with Crippen LogP contribution >= 0.6 is 0 Å². The molecule has 2 aromatic heterocycles. The average Bonchev–Trinajstić information content (AvgIpc) is 3.59. The summed E-state index contributed by atoms with van der Waals surface area (Å²) >= 11 is 0. The maximum absolute atomic E-state index is 13.3. The number of amides is 2. The van der Waals surface area contributed by atoms with Crippen molar-refractivity contribution < 1.29 is 14.7 Å².